The molecule has 2 bridgehead atoms. The molecule has 5 heterocycles. The van der Waals surface area contributed by atoms with Gasteiger partial charge in [-0.2, -0.15) is 22.8 Å². The Hall–Kier alpha value is -3.27. The quantitative estimate of drug-likeness (QED) is 0.405. The standard InChI is InChI=1S/C31H40F3N7/c1-21-9-10-23-11-12-27(31(32,33)34)35-13-17-38(3)30-20-28(39-14-6-7-15-39)36-29-19-25(37-41(29)30)26-8-4-5-16-40(26)22(2)24(23)18-21/h9-10,18-20,26-27,35H,2,4-8,11-17H2,1,3H3. The summed E-state index contributed by atoms with van der Waals surface area (Å²) >= 11 is 0. The molecule has 3 aromatic rings. The fourth-order valence-corrected chi connectivity index (χ4v) is 6.60. The lowest BCUT2D eigenvalue weighted by molar-refractivity contribution is -0.156. The second-order valence-electron chi connectivity index (χ2n) is 11.8. The van der Waals surface area contributed by atoms with E-state index in [1.54, 1.807) is 0 Å². The second kappa shape index (κ2) is 11.2. The Morgan fingerprint density at radius 2 is 1.76 bits per heavy atom. The van der Waals surface area contributed by atoms with E-state index in [0.717, 1.165) is 97.1 Å². The van der Waals surface area contributed by atoms with Crippen LogP contribution in [0.3, 0.4) is 0 Å². The zero-order valence-electron chi connectivity index (χ0n) is 24.1. The maximum Gasteiger partial charge on any atom is 0.403 e. The van der Waals surface area contributed by atoms with Gasteiger partial charge in [0.2, 0.25) is 0 Å². The fraction of sp³-hybridized carbons (Fsp3) is 0.548. The third kappa shape index (κ3) is 5.63. The summed E-state index contributed by atoms with van der Waals surface area (Å²) in [5.41, 5.74) is 5.49. The van der Waals surface area contributed by atoms with Crippen LogP contribution in [0, 0.1) is 6.92 Å². The molecule has 7 nitrogen and oxygen atoms in total. The number of aromatic nitrogens is 3. The number of nitrogens with one attached hydrogen (secondary N) is 1. The van der Waals surface area contributed by atoms with Crippen LogP contribution in [0.1, 0.15) is 67.0 Å². The van der Waals surface area contributed by atoms with Crippen LogP contribution in [-0.2, 0) is 6.42 Å². The topological polar surface area (TPSA) is 51.9 Å². The van der Waals surface area contributed by atoms with Crippen molar-refractivity contribution in [3.05, 3.63) is 59.3 Å². The first-order chi connectivity index (χ1) is 19.7. The van der Waals surface area contributed by atoms with E-state index in [9.17, 15) is 13.2 Å². The second-order valence-corrected chi connectivity index (χ2v) is 11.8. The Morgan fingerprint density at radius 3 is 2.54 bits per heavy atom. The van der Waals surface area contributed by atoms with Crippen LogP contribution in [-0.4, -0.2) is 71.5 Å². The van der Waals surface area contributed by atoms with Gasteiger partial charge in [-0.05, 0) is 63.5 Å². The molecular weight excluding hydrogens is 527 g/mol. The largest absolute Gasteiger partial charge is 0.403 e. The molecule has 1 N–H and O–H groups in total. The highest BCUT2D eigenvalue weighted by Gasteiger charge is 2.39. The van der Waals surface area contributed by atoms with Gasteiger partial charge < -0.3 is 20.0 Å². The molecule has 3 aliphatic rings. The summed E-state index contributed by atoms with van der Waals surface area (Å²) in [6.45, 7) is 9.88. The van der Waals surface area contributed by atoms with E-state index in [1.807, 2.05) is 41.6 Å². The summed E-state index contributed by atoms with van der Waals surface area (Å²) in [4.78, 5) is 11.6. The molecule has 0 radical (unpaired) electrons. The van der Waals surface area contributed by atoms with Gasteiger partial charge in [-0.1, -0.05) is 24.3 Å². The van der Waals surface area contributed by atoms with E-state index in [4.69, 9.17) is 10.1 Å². The van der Waals surface area contributed by atoms with E-state index in [-0.39, 0.29) is 19.0 Å². The molecule has 10 heteroatoms. The Labute approximate surface area is 240 Å². The summed E-state index contributed by atoms with van der Waals surface area (Å²) < 4.78 is 44.3. The van der Waals surface area contributed by atoms with Crippen LogP contribution in [0.15, 0.2) is 36.9 Å². The van der Waals surface area contributed by atoms with Crippen molar-refractivity contribution in [3.8, 4) is 0 Å². The van der Waals surface area contributed by atoms with Crippen LogP contribution in [0.25, 0.3) is 11.3 Å². The molecule has 1 aromatic carbocycles. The van der Waals surface area contributed by atoms with Crippen molar-refractivity contribution >= 4 is 23.0 Å². The lowest BCUT2D eigenvalue weighted by Gasteiger charge is -2.38. The summed E-state index contributed by atoms with van der Waals surface area (Å²) in [5.74, 6) is 1.74. The van der Waals surface area contributed by atoms with Crippen LogP contribution in [0.2, 0.25) is 0 Å². The van der Waals surface area contributed by atoms with E-state index < -0.39 is 12.2 Å². The zero-order valence-corrected chi connectivity index (χ0v) is 24.1. The van der Waals surface area contributed by atoms with E-state index in [1.165, 1.54) is 0 Å². The SMILES string of the molecule is C=C1c2cc(C)ccc2CCC(C(F)(F)F)NCCN(C)c2cc(N3CCCC3)nc3cc(nn23)C2CCCCN12. The molecule has 220 valence electrons. The monoisotopic (exact) mass is 567 g/mol. The van der Waals surface area contributed by atoms with Gasteiger partial charge in [0, 0.05) is 63.2 Å². The van der Waals surface area contributed by atoms with Gasteiger partial charge in [0.1, 0.15) is 17.7 Å². The smallest absolute Gasteiger partial charge is 0.363 e. The van der Waals surface area contributed by atoms with Crippen molar-refractivity contribution in [1.29, 1.82) is 0 Å². The zero-order chi connectivity index (χ0) is 28.7. The maximum atomic E-state index is 14.2. The van der Waals surface area contributed by atoms with Crippen LogP contribution < -0.4 is 15.1 Å². The van der Waals surface area contributed by atoms with Crippen molar-refractivity contribution in [1.82, 2.24) is 24.8 Å². The minimum absolute atomic E-state index is 0.0252. The minimum atomic E-state index is -4.34. The predicted octanol–water partition coefficient (Wildman–Crippen LogP) is 5.74. The number of alkyl halides is 3. The summed E-state index contributed by atoms with van der Waals surface area (Å²) in [6, 6.07) is 8.59. The molecule has 2 atom stereocenters. The molecule has 3 aliphatic heterocycles. The average molecular weight is 568 g/mol. The molecule has 41 heavy (non-hydrogen) atoms. The van der Waals surface area contributed by atoms with Gasteiger partial charge in [0.05, 0.1) is 11.7 Å². The third-order valence-electron chi connectivity index (χ3n) is 8.94. The highest BCUT2D eigenvalue weighted by Crippen LogP contribution is 2.38. The average Bonchev–Trinajstić information content (AvgIpc) is 3.64. The van der Waals surface area contributed by atoms with E-state index in [2.05, 4.69) is 33.8 Å². The molecule has 0 spiro atoms. The lowest BCUT2D eigenvalue weighted by Crippen LogP contribution is -2.45. The Balaban J connectivity index is 1.47. The summed E-state index contributed by atoms with van der Waals surface area (Å²) in [7, 11) is 1.92. The third-order valence-corrected chi connectivity index (χ3v) is 8.94. The molecule has 0 aliphatic carbocycles. The van der Waals surface area contributed by atoms with Gasteiger partial charge in [-0.3, -0.25) is 0 Å². The number of anilines is 2. The molecule has 0 saturated carbocycles. The normalized spacial score (nSPS) is 22.9. The predicted molar refractivity (Wildman–Crippen MR) is 157 cm³/mol. The maximum absolute atomic E-state index is 14.2. The number of nitrogens with zero attached hydrogens (tertiary/aromatic N) is 6. The molecular formula is C31H40F3N7. The van der Waals surface area contributed by atoms with Crippen molar-refractivity contribution in [2.75, 3.05) is 49.6 Å². The van der Waals surface area contributed by atoms with Gasteiger partial charge in [0.15, 0.2) is 5.65 Å². The fourth-order valence-electron chi connectivity index (χ4n) is 6.60. The Morgan fingerprint density at radius 1 is 0.976 bits per heavy atom. The summed E-state index contributed by atoms with van der Waals surface area (Å²) in [6.07, 6.45) is 1.27. The van der Waals surface area contributed by atoms with Crippen molar-refractivity contribution in [3.63, 3.8) is 0 Å². The number of fused-ring (bicyclic) bond motifs is 4. The number of likely N-dealkylation sites (N-methyl/N-ethyl adjacent to an activating group) is 1. The Bertz CT molecular complexity index is 1410. The summed E-state index contributed by atoms with van der Waals surface area (Å²) in [5, 5.41) is 7.92. The number of benzene rings is 1. The van der Waals surface area contributed by atoms with Crippen LogP contribution in [0.5, 0.6) is 0 Å². The number of hydrogen-bond donors (Lipinski definition) is 1. The number of hydrogen-bond acceptors (Lipinski definition) is 6. The highest BCUT2D eigenvalue weighted by molar-refractivity contribution is 5.67. The van der Waals surface area contributed by atoms with E-state index in [0.29, 0.717) is 13.0 Å². The Kier molecular flexibility index (Phi) is 7.61. The van der Waals surface area contributed by atoms with E-state index >= 15 is 0 Å². The first kappa shape index (κ1) is 27.9. The first-order valence-electron chi connectivity index (χ1n) is 14.9. The minimum Gasteiger partial charge on any atom is -0.363 e. The molecule has 2 saturated heterocycles. The molecule has 2 unspecified atom stereocenters. The molecule has 6 rings (SSSR count). The van der Waals surface area contributed by atoms with Crippen molar-refractivity contribution < 1.29 is 13.2 Å². The van der Waals surface area contributed by atoms with Gasteiger partial charge in [0.25, 0.3) is 0 Å². The number of rotatable bonds is 1. The van der Waals surface area contributed by atoms with Crippen molar-refractivity contribution in [2.45, 2.75) is 70.1 Å². The number of piperidine rings is 1. The first-order valence-corrected chi connectivity index (χ1v) is 14.9. The lowest BCUT2D eigenvalue weighted by atomic mass is 9.93. The number of halogens is 3. The van der Waals surface area contributed by atoms with Crippen LogP contribution in [0.4, 0.5) is 24.8 Å². The molecule has 2 fully saturated rings. The van der Waals surface area contributed by atoms with Gasteiger partial charge in [-0.25, -0.2) is 4.98 Å². The molecule has 2 aromatic heterocycles. The number of aryl methyl sites for hydroxylation is 2. The molecule has 0 amide bonds. The highest BCUT2D eigenvalue weighted by atomic mass is 19.4. The van der Waals surface area contributed by atoms with Gasteiger partial charge in [-0.15, -0.1) is 0 Å². The van der Waals surface area contributed by atoms with Gasteiger partial charge >= 0.3 is 6.18 Å². The van der Waals surface area contributed by atoms with Crippen LogP contribution >= 0.6 is 0 Å². The van der Waals surface area contributed by atoms with Crippen molar-refractivity contribution in [2.24, 2.45) is 0 Å².